The molecule has 0 fully saturated rings. The molecule has 0 aliphatic heterocycles. The van der Waals surface area contributed by atoms with Crippen molar-refractivity contribution in [3.63, 3.8) is 0 Å². The van der Waals surface area contributed by atoms with Gasteiger partial charge in [-0.3, -0.25) is 0 Å². The molecular formula is C13H23N4P. The molecule has 0 saturated carbocycles. The van der Waals surface area contributed by atoms with Crippen LogP contribution in [0.15, 0.2) is 50.4 Å². The zero-order chi connectivity index (χ0) is 14.9. The van der Waals surface area contributed by atoms with Crippen LogP contribution in [0.1, 0.15) is 0 Å². The van der Waals surface area contributed by atoms with Gasteiger partial charge in [0.05, 0.1) is 0 Å². The van der Waals surface area contributed by atoms with E-state index in [9.17, 15) is 0 Å². The summed E-state index contributed by atoms with van der Waals surface area (Å²) in [6, 6.07) is 0. The standard InChI is InChI=1S/C11H19P.2CH2N2/c1-5-9-12(8-4,10-6-2)11-7-3;2*2-1-3/h5-8,12H,1-4,9-11H2;2*2H2. The van der Waals surface area contributed by atoms with E-state index >= 15 is 0 Å². The summed E-state index contributed by atoms with van der Waals surface area (Å²) in [6.07, 6.45) is 11.7. The first-order valence-electron chi connectivity index (χ1n) is 5.23. The fourth-order valence-electron chi connectivity index (χ4n) is 1.36. The molecule has 0 aromatic carbocycles. The Labute approximate surface area is 111 Å². The Kier molecular flexibility index (Phi) is 20.5. The predicted octanol–water partition coefficient (Wildman–Crippen LogP) is 2.29. The van der Waals surface area contributed by atoms with Crippen LogP contribution in [0.3, 0.4) is 0 Å². The molecule has 18 heavy (non-hydrogen) atoms. The van der Waals surface area contributed by atoms with E-state index in [1.807, 2.05) is 18.2 Å². The van der Waals surface area contributed by atoms with Crippen LogP contribution in [-0.4, -0.2) is 18.5 Å². The zero-order valence-electron chi connectivity index (χ0n) is 10.8. The summed E-state index contributed by atoms with van der Waals surface area (Å²) in [5.41, 5.74) is 8.31. The Hall–Kier alpha value is -2.03. The van der Waals surface area contributed by atoms with Crippen LogP contribution in [0.25, 0.3) is 0 Å². The van der Waals surface area contributed by atoms with Crippen LogP contribution < -0.4 is 11.5 Å². The quantitative estimate of drug-likeness (QED) is 0.319. The summed E-state index contributed by atoms with van der Waals surface area (Å²) in [7, 11) is -1.36. The van der Waals surface area contributed by atoms with Crippen molar-refractivity contribution in [3.8, 4) is 12.4 Å². The molecule has 0 atom stereocenters. The molecule has 4 N–H and O–H groups in total. The van der Waals surface area contributed by atoms with E-state index in [0.717, 1.165) is 18.5 Å². The van der Waals surface area contributed by atoms with E-state index in [4.69, 9.17) is 10.5 Å². The van der Waals surface area contributed by atoms with Gasteiger partial charge in [-0.25, -0.2) is 0 Å². The first-order valence-corrected chi connectivity index (χ1v) is 7.93. The van der Waals surface area contributed by atoms with Gasteiger partial charge in [-0.2, -0.15) is 10.5 Å². The Morgan fingerprint density at radius 2 is 1.06 bits per heavy atom. The van der Waals surface area contributed by atoms with Crippen LogP contribution in [-0.2, 0) is 0 Å². The first-order chi connectivity index (χ1) is 8.57. The summed E-state index contributed by atoms with van der Waals surface area (Å²) in [6.45, 7) is 15.2. The van der Waals surface area contributed by atoms with E-state index < -0.39 is 7.26 Å². The molecule has 0 aromatic rings. The molecule has 0 spiro atoms. The number of hydrogen-bond acceptors (Lipinski definition) is 4. The molecule has 0 aliphatic rings. The summed E-state index contributed by atoms with van der Waals surface area (Å²) in [5, 5.41) is 14.2. The van der Waals surface area contributed by atoms with Crippen molar-refractivity contribution in [1.29, 1.82) is 10.5 Å². The van der Waals surface area contributed by atoms with Gasteiger partial charge in [0, 0.05) is 0 Å². The molecule has 0 saturated heterocycles. The SMILES string of the molecule is C=CC[PH](C=C)(CC=C)CC=C.N#CN.N#CN. The monoisotopic (exact) mass is 266 g/mol. The van der Waals surface area contributed by atoms with Crippen LogP contribution in [0.4, 0.5) is 0 Å². The molecule has 0 radical (unpaired) electrons. The van der Waals surface area contributed by atoms with Gasteiger partial charge in [0.2, 0.25) is 0 Å². The number of nitrogens with zero attached hydrogens (tertiary/aromatic N) is 2. The van der Waals surface area contributed by atoms with E-state index in [1.54, 1.807) is 0 Å². The predicted molar refractivity (Wildman–Crippen MR) is 83.3 cm³/mol. The molecule has 4 nitrogen and oxygen atoms in total. The van der Waals surface area contributed by atoms with E-state index in [0.29, 0.717) is 0 Å². The number of hydrogen-bond donors (Lipinski definition) is 2. The summed E-state index contributed by atoms with van der Waals surface area (Å²) in [4.78, 5) is 0. The second-order valence-electron chi connectivity index (χ2n) is 3.30. The van der Waals surface area contributed by atoms with Crippen molar-refractivity contribution >= 4 is 7.26 Å². The average molecular weight is 266 g/mol. The van der Waals surface area contributed by atoms with Gasteiger partial charge in [-0.05, 0) is 0 Å². The smallest absolute Gasteiger partial charge is 0.173 e. The van der Waals surface area contributed by atoms with Crippen LogP contribution >= 0.6 is 7.26 Å². The minimum Gasteiger partial charge on any atom is -0.337 e. The molecule has 100 valence electrons. The van der Waals surface area contributed by atoms with Crippen molar-refractivity contribution in [1.82, 2.24) is 0 Å². The third kappa shape index (κ3) is 14.0. The van der Waals surface area contributed by atoms with Crippen molar-refractivity contribution in [2.75, 3.05) is 18.5 Å². The summed E-state index contributed by atoms with van der Waals surface area (Å²) < 4.78 is 0. The molecule has 5 heteroatoms. The Morgan fingerprint density at radius 1 is 0.833 bits per heavy atom. The van der Waals surface area contributed by atoms with Crippen LogP contribution in [0.2, 0.25) is 0 Å². The molecule has 0 rings (SSSR count). The molecule has 0 unspecified atom stereocenters. The van der Waals surface area contributed by atoms with E-state index in [1.165, 1.54) is 12.4 Å². The third-order valence-electron chi connectivity index (χ3n) is 2.09. The second-order valence-corrected chi connectivity index (χ2v) is 7.66. The van der Waals surface area contributed by atoms with E-state index in [-0.39, 0.29) is 0 Å². The van der Waals surface area contributed by atoms with Gasteiger partial charge in [0.1, 0.15) is 0 Å². The number of nitriles is 2. The Morgan fingerprint density at radius 3 is 1.17 bits per heavy atom. The van der Waals surface area contributed by atoms with Crippen molar-refractivity contribution in [2.24, 2.45) is 11.5 Å². The minimum atomic E-state index is -1.36. The van der Waals surface area contributed by atoms with Crippen molar-refractivity contribution in [2.45, 2.75) is 0 Å². The minimum absolute atomic E-state index is 1.08. The molecule has 0 aromatic heterocycles. The number of allylic oxidation sites excluding steroid dienone is 3. The molecule has 0 heterocycles. The zero-order valence-corrected chi connectivity index (χ0v) is 11.8. The van der Waals surface area contributed by atoms with Gasteiger partial charge >= 0.3 is 76.1 Å². The van der Waals surface area contributed by atoms with Crippen LogP contribution in [0.5, 0.6) is 0 Å². The summed E-state index contributed by atoms with van der Waals surface area (Å²) in [5.74, 6) is 2.12. The fourth-order valence-corrected chi connectivity index (χ4v) is 4.09. The van der Waals surface area contributed by atoms with Gasteiger partial charge in [0.15, 0.2) is 12.4 Å². The second kappa shape index (κ2) is 17.4. The number of rotatable bonds is 7. The normalized spacial score (nSPS) is 8.56. The van der Waals surface area contributed by atoms with Crippen molar-refractivity contribution < 1.29 is 0 Å². The fraction of sp³-hybridized carbons (Fsp3) is 0.231. The van der Waals surface area contributed by atoms with Crippen LogP contribution in [0, 0.1) is 22.9 Å². The van der Waals surface area contributed by atoms with Gasteiger partial charge in [0.25, 0.3) is 0 Å². The van der Waals surface area contributed by atoms with E-state index in [2.05, 4.69) is 43.6 Å². The topological polar surface area (TPSA) is 99.6 Å². The molecular weight excluding hydrogens is 243 g/mol. The average Bonchev–Trinajstić information content (AvgIpc) is 2.32. The first kappa shape index (κ1) is 21.3. The van der Waals surface area contributed by atoms with Gasteiger partial charge in [-0.1, -0.05) is 0 Å². The molecule has 0 bridgehead atoms. The van der Waals surface area contributed by atoms with Gasteiger partial charge in [-0.15, -0.1) is 0 Å². The maximum Gasteiger partial charge on any atom is 0.173 e. The maximum absolute atomic E-state index is 7.10. The Bertz CT molecular complexity index is 284. The van der Waals surface area contributed by atoms with Gasteiger partial charge < -0.3 is 11.5 Å². The molecule has 0 aliphatic carbocycles. The summed E-state index contributed by atoms with van der Waals surface area (Å²) >= 11 is 0. The van der Waals surface area contributed by atoms with Crippen molar-refractivity contribution in [3.05, 3.63) is 50.4 Å². The largest absolute Gasteiger partial charge is 0.337 e. The Balaban J connectivity index is -0.000000315. The number of nitrogens with two attached hydrogens (primary N) is 2. The third-order valence-corrected chi connectivity index (χ3v) is 6.26. The molecule has 0 amide bonds. The maximum atomic E-state index is 7.10.